The largest absolute Gasteiger partial charge is 0.433 e. The van der Waals surface area contributed by atoms with Crippen molar-refractivity contribution in [2.75, 3.05) is 42.4 Å². The van der Waals surface area contributed by atoms with Gasteiger partial charge in [-0.15, -0.1) is 0 Å². The van der Waals surface area contributed by atoms with Crippen LogP contribution in [0.1, 0.15) is 61.8 Å². The number of alkyl halides is 3. The molecule has 2 aliphatic rings. The summed E-state index contributed by atoms with van der Waals surface area (Å²) < 4.78 is 76.4. The molecule has 1 saturated carbocycles. The van der Waals surface area contributed by atoms with Crippen molar-refractivity contribution in [2.24, 2.45) is 0 Å². The van der Waals surface area contributed by atoms with Crippen LogP contribution in [0.2, 0.25) is 0 Å². The lowest BCUT2D eigenvalue weighted by molar-refractivity contribution is -0.141. The minimum Gasteiger partial charge on any atom is -0.354 e. The molecule has 1 saturated heterocycles. The summed E-state index contributed by atoms with van der Waals surface area (Å²) in [5, 5.41) is 2.75. The number of benzene rings is 1. The maximum Gasteiger partial charge on any atom is 0.433 e. The van der Waals surface area contributed by atoms with E-state index in [4.69, 9.17) is 0 Å². The highest BCUT2D eigenvalue weighted by molar-refractivity contribution is 7.80. The maximum atomic E-state index is 14.5. The number of anilines is 2. The summed E-state index contributed by atoms with van der Waals surface area (Å²) >= 11 is -2.41. The third-order valence-electron chi connectivity index (χ3n) is 7.84. The predicted octanol–water partition coefficient (Wildman–Crippen LogP) is 4.69. The van der Waals surface area contributed by atoms with Gasteiger partial charge in [-0.25, -0.2) is 13.6 Å². The predicted molar refractivity (Wildman–Crippen MR) is 146 cm³/mol. The molecular formula is C27H35F4N5O3S. The van der Waals surface area contributed by atoms with Crippen molar-refractivity contribution < 1.29 is 31.1 Å². The van der Waals surface area contributed by atoms with E-state index >= 15 is 0 Å². The number of nitrogens with zero attached hydrogens (tertiary/aromatic N) is 4. The second kappa shape index (κ2) is 12.8. The highest BCUT2D eigenvalue weighted by atomic mass is 32.2. The number of hydrogen-bond acceptors (Lipinski definition) is 5. The summed E-state index contributed by atoms with van der Waals surface area (Å²) in [6.07, 6.45) is 1.38. The summed E-state index contributed by atoms with van der Waals surface area (Å²) in [6.45, 7) is 4.10. The van der Waals surface area contributed by atoms with Crippen LogP contribution in [-0.4, -0.2) is 63.8 Å². The highest BCUT2D eigenvalue weighted by Gasteiger charge is 2.34. The molecule has 2 heterocycles. The zero-order chi connectivity index (χ0) is 29.0. The van der Waals surface area contributed by atoms with Gasteiger partial charge in [0.15, 0.2) is 0 Å². The van der Waals surface area contributed by atoms with Crippen LogP contribution in [0.3, 0.4) is 0 Å². The fourth-order valence-electron chi connectivity index (χ4n) is 5.41. The van der Waals surface area contributed by atoms with E-state index in [1.54, 1.807) is 6.92 Å². The quantitative estimate of drug-likeness (QED) is 0.345. The minimum atomic E-state index is -4.60. The molecule has 2 aromatic rings. The van der Waals surface area contributed by atoms with Gasteiger partial charge in [0, 0.05) is 51.4 Å². The molecule has 2 fully saturated rings. The van der Waals surface area contributed by atoms with E-state index in [2.05, 4.69) is 15.2 Å². The van der Waals surface area contributed by atoms with Gasteiger partial charge >= 0.3 is 6.18 Å². The van der Waals surface area contributed by atoms with E-state index in [9.17, 15) is 31.1 Å². The fourth-order valence-corrected chi connectivity index (χ4v) is 5.73. The van der Waals surface area contributed by atoms with Crippen LogP contribution in [0, 0.1) is 5.82 Å². The standard InChI is InChI=1S/C27H35F4N5O3S/c1-18(19-8-10-23(22(28)16-19)34(2)40(38)39)26(37)32-17-20-9-11-24(27(29,30)31)33-25(20)36-14-12-35(13-15-36)21-6-4-3-5-7-21/h8-11,16,18,21H,3-7,12-15,17H2,1-2H3,(H,32,37)(H,38,39). The second-order valence-corrected chi connectivity index (χ2v) is 11.4. The molecule has 0 radical (unpaired) electrons. The van der Waals surface area contributed by atoms with Gasteiger partial charge in [0.1, 0.15) is 17.3 Å². The normalized spacial score (nSPS) is 18.8. The lowest BCUT2D eigenvalue weighted by Crippen LogP contribution is -2.51. The summed E-state index contributed by atoms with van der Waals surface area (Å²) in [5.41, 5.74) is -0.264. The third kappa shape index (κ3) is 7.10. The number of carbonyl (C=O) groups is 1. The molecular weight excluding hydrogens is 550 g/mol. The number of nitrogens with one attached hydrogen (secondary N) is 1. The van der Waals surface area contributed by atoms with Crippen molar-refractivity contribution >= 4 is 28.7 Å². The molecule has 1 amide bonds. The smallest absolute Gasteiger partial charge is 0.354 e. The minimum absolute atomic E-state index is 0.0424. The third-order valence-corrected chi connectivity index (χ3v) is 8.51. The van der Waals surface area contributed by atoms with Gasteiger partial charge in [-0.1, -0.05) is 31.4 Å². The van der Waals surface area contributed by atoms with Crippen LogP contribution >= 0.6 is 0 Å². The summed E-state index contributed by atoms with van der Waals surface area (Å²) in [4.78, 5) is 21.2. The average molecular weight is 586 g/mol. The second-order valence-electron chi connectivity index (χ2n) is 10.4. The molecule has 1 aromatic heterocycles. The molecule has 2 N–H and O–H groups in total. The molecule has 13 heteroatoms. The Morgan fingerprint density at radius 3 is 2.42 bits per heavy atom. The average Bonchev–Trinajstić information content (AvgIpc) is 2.95. The van der Waals surface area contributed by atoms with E-state index in [-0.39, 0.29) is 18.1 Å². The Morgan fingerprint density at radius 2 is 1.82 bits per heavy atom. The number of rotatable bonds is 8. The molecule has 2 atom stereocenters. The van der Waals surface area contributed by atoms with Crippen LogP contribution in [0.25, 0.3) is 0 Å². The molecule has 0 bridgehead atoms. The fraction of sp³-hybridized carbons (Fsp3) is 0.556. The molecule has 2 unspecified atom stereocenters. The summed E-state index contributed by atoms with van der Waals surface area (Å²) in [6, 6.07) is 6.72. The first-order chi connectivity index (χ1) is 19.0. The van der Waals surface area contributed by atoms with Crippen molar-refractivity contribution in [3.8, 4) is 0 Å². The van der Waals surface area contributed by atoms with Gasteiger partial charge in [-0.3, -0.25) is 18.6 Å². The Bertz CT molecular complexity index is 1220. The number of amides is 1. The Hall–Kier alpha value is -2.77. The molecule has 8 nitrogen and oxygen atoms in total. The first kappa shape index (κ1) is 30.2. The molecule has 0 spiro atoms. The lowest BCUT2D eigenvalue weighted by atomic mass is 9.94. The molecule has 1 aromatic carbocycles. The van der Waals surface area contributed by atoms with Gasteiger partial charge in [-0.05, 0) is 43.5 Å². The first-order valence-electron chi connectivity index (χ1n) is 13.4. The van der Waals surface area contributed by atoms with Crippen molar-refractivity contribution in [1.29, 1.82) is 0 Å². The van der Waals surface area contributed by atoms with E-state index in [0.29, 0.717) is 30.3 Å². The molecule has 1 aliphatic carbocycles. The monoisotopic (exact) mass is 585 g/mol. The van der Waals surface area contributed by atoms with Gasteiger partial charge < -0.3 is 10.2 Å². The first-order valence-corrected chi connectivity index (χ1v) is 14.5. The Morgan fingerprint density at radius 1 is 1.15 bits per heavy atom. The molecule has 4 rings (SSSR count). The van der Waals surface area contributed by atoms with Gasteiger partial charge in [-0.2, -0.15) is 13.2 Å². The highest BCUT2D eigenvalue weighted by Crippen LogP contribution is 2.32. The van der Waals surface area contributed by atoms with E-state index in [1.807, 2.05) is 4.90 Å². The van der Waals surface area contributed by atoms with Gasteiger partial charge in [0.2, 0.25) is 5.91 Å². The van der Waals surface area contributed by atoms with Crippen LogP contribution in [0.15, 0.2) is 30.3 Å². The maximum absolute atomic E-state index is 14.5. The summed E-state index contributed by atoms with van der Waals surface area (Å²) in [5.74, 6) is -1.78. The van der Waals surface area contributed by atoms with Crippen LogP contribution in [-0.2, 0) is 28.8 Å². The van der Waals surface area contributed by atoms with Crippen LogP contribution < -0.4 is 14.5 Å². The molecule has 40 heavy (non-hydrogen) atoms. The lowest BCUT2D eigenvalue weighted by Gasteiger charge is -2.41. The number of pyridine rings is 1. The van der Waals surface area contributed by atoms with Crippen molar-refractivity contribution in [3.05, 3.63) is 53.0 Å². The number of piperazine rings is 1. The van der Waals surface area contributed by atoms with Crippen LogP contribution in [0.4, 0.5) is 29.1 Å². The number of hydrogen-bond donors (Lipinski definition) is 2. The zero-order valence-corrected chi connectivity index (χ0v) is 23.4. The van der Waals surface area contributed by atoms with Gasteiger partial charge in [0.05, 0.1) is 11.6 Å². The topological polar surface area (TPSA) is 89.0 Å². The Balaban J connectivity index is 1.46. The van der Waals surface area contributed by atoms with E-state index in [0.717, 1.165) is 42.4 Å². The number of halogens is 4. The zero-order valence-electron chi connectivity index (χ0n) is 22.6. The molecule has 1 aliphatic heterocycles. The van der Waals surface area contributed by atoms with Crippen molar-refractivity contribution in [2.45, 2.75) is 63.7 Å². The van der Waals surface area contributed by atoms with Gasteiger partial charge in [0.25, 0.3) is 11.3 Å². The Kier molecular flexibility index (Phi) is 9.68. The van der Waals surface area contributed by atoms with Crippen LogP contribution in [0.5, 0.6) is 0 Å². The number of carbonyl (C=O) groups excluding carboxylic acids is 1. The SMILES string of the molecule is CC(C(=O)NCc1ccc(C(F)(F)F)nc1N1CCN(C2CCCCC2)CC1)c1ccc(N(C)S(=O)O)c(F)c1. The Labute approximate surface area is 234 Å². The number of aromatic nitrogens is 1. The van der Waals surface area contributed by atoms with E-state index < -0.39 is 40.8 Å². The molecule has 220 valence electrons. The van der Waals surface area contributed by atoms with Crippen molar-refractivity contribution in [1.82, 2.24) is 15.2 Å². The summed E-state index contributed by atoms with van der Waals surface area (Å²) in [7, 11) is 1.26. The van der Waals surface area contributed by atoms with E-state index in [1.165, 1.54) is 44.5 Å². The van der Waals surface area contributed by atoms with Crippen molar-refractivity contribution in [3.63, 3.8) is 0 Å².